The van der Waals surface area contributed by atoms with Crippen LogP contribution in [0.15, 0.2) is 63.1 Å². The van der Waals surface area contributed by atoms with Gasteiger partial charge in [0.1, 0.15) is 5.82 Å². The first-order chi connectivity index (χ1) is 13.0. The third kappa shape index (κ3) is 2.27. The number of ketones is 1. The molecule has 0 radical (unpaired) electrons. The van der Waals surface area contributed by atoms with Gasteiger partial charge in [-0.3, -0.25) is 19.6 Å². The van der Waals surface area contributed by atoms with E-state index in [1.165, 1.54) is 0 Å². The molecule has 2 heterocycles. The van der Waals surface area contributed by atoms with Crippen LogP contribution in [0, 0.1) is 5.92 Å². The highest BCUT2D eigenvalue weighted by molar-refractivity contribution is 6.31. The maximum atomic E-state index is 13.2. The minimum absolute atomic E-state index is 0.0828. The largest absolute Gasteiger partial charge is 0.327 e. The Hall–Kier alpha value is -3.25. The summed E-state index contributed by atoms with van der Waals surface area (Å²) in [4.78, 5) is 46.9. The maximum absolute atomic E-state index is 13.2. The van der Waals surface area contributed by atoms with Crippen molar-refractivity contribution in [1.82, 2.24) is 9.97 Å². The molecule has 0 amide bonds. The van der Waals surface area contributed by atoms with E-state index in [1.807, 2.05) is 12.1 Å². The summed E-state index contributed by atoms with van der Waals surface area (Å²) in [6.45, 7) is 0. The summed E-state index contributed by atoms with van der Waals surface area (Å²) in [5.41, 5.74) is 1.76. The van der Waals surface area contributed by atoms with Gasteiger partial charge in [-0.15, -0.1) is 0 Å². The molecule has 2 aromatic carbocycles. The molecule has 5 rings (SSSR count). The average molecular weight is 378 g/mol. The van der Waals surface area contributed by atoms with Gasteiger partial charge in [0, 0.05) is 22.1 Å². The maximum Gasteiger partial charge on any atom is 0.327 e. The molecule has 0 fully saturated rings. The number of aliphatic imine (C=N–C) groups is 1. The SMILES string of the molecule is O=C1c2ccccc2C2=Nc3[nH]c(=O)[nH]c(=O)c3[C@@H](c3ccc(Cl)cc3)C12. The van der Waals surface area contributed by atoms with Gasteiger partial charge in [0.25, 0.3) is 5.56 Å². The molecule has 27 heavy (non-hydrogen) atoms. The molecule has 0 saturated heterocycles. The number of rotatable bonds is 1. The number of Topliss-reactive ketones (excluding diaryl/α,β-unsaturated/α-hetero) is 1. The second kappa shape index (κ2) is 5.62. The van der Waals surface area contributed by atoms with Crippen LogP contribution >= 0.6 is 11.6 Å². The summed E-state index contributed by atoms with van der Waals surface area (Å²) in [5.74, 6) is -1.08. The second-order valence-corrected chi connectivity index (χ2v) is 7.02. The van der Waals surface area contributed by atoms with Gasteiger partial charge in [-0.1, -0.05) is 48.0 Å². The number of carbonyl (C=O) groups is 1. The predicted octanol–water partition coefficient (Wildman–Crippen LogP) is 2.80. The summed E-state index contributed by atoms with van der Waals surface area (Å²) < 4.78 is 0. The molecule has 0 saturated carbocycles. The summed E-state index contributed by atoms with van der Waals surface area (Å²) in [6, 6.07) is 14.2. The van der Waals surface area contributed by atoms with Crippen LogP contribution in [0.25, 0.3) is 0 Å². The molecule has 1 aromatic heterocycles. The van der Waals surface area contributed by atoms with Gasteiger partial charge in [-0.05, 0) is 17.7 Å². The average Bonchev–Trinajstić information content (AvgIpc) is 2.93. The number of fused-ring (bicyclic) bond motifs is 4. The molecule has 1 unspecified atom stereocenters. The number of benzene rings is 2. The summed E-state index contributed by atoms with van der Waals surface area (Å²) >= 11 is 6.01. The number of nitrogens with one attached hydrogen (secondary N) is 2. The van der Waals surface area contributed by atoms with E-state index in [2.05, 4.69) is 15.0 Å². The highest BCUT2D eigenvalue weighted by Crippen LogP contribution is 2.45. The highest BCUT2D eigenvalue weighted by atomic mass is 35.5. The first kappa shape index (κ1) is 16.0. The molecule has 2 N–H and O–H groups in total. The molecular formula is C20H12ClN3O3. The van der Waals surface area contributed by atoms with E-state index in [0.717, 1.165) is 11.1 Å². The number of aromatic amines is 2. The second-order valence-electron chi connectivity index (χ2n) is 6.58. The van der Waals surface area contributed by atoms with Crippen molar-refractivity contribution in [3.05, 3.63) is 96.6 Å². The van der Waals surface area contributed by atoms with E-state index >= 15 is 0 Å². The van der Waals surface area contributed by atoms with E-state index in [9.17, 15) is 14.4 Å². The first-order valence-electron chi connectivity index (χ1n) is 8.39. The Balaban J connectivity index is 1.85. The van der Waals surface area contributed by atoms with Crippen molar-refractivity contribution in [2.75, 3.05) is 0 Å². The van der Waals surface area contributed by atoms with E-state index in [0.29, 0.717) is 16.3 Å². The van der Waals surface area contributed by atoms with Gasteiger partial charge in [0.2, 0.25) is 0 Å². The third-order valence-corrected chi connectivity index (χ3v) is 5.36. The third-order valence-electron chi connectivity index (χ3n) is 5.11. The Bertz CT molecular complexity index is 1250. The van der Waals surface area contributed by atoms with Crippen LogP contribution < -0.4 is 11.2 Å². The topological polar surface area (TPSA) is 95.2 Å². The quantitative estimate of drug-likeness (QED) is 0.682. The van der Waals surface area contributed by atoms with Crippen LogP contribution in [-0.4, -0.2) is 21.5 Å². The van der Waals surface area contributed by atoms with E-state index in [1.54, 1.807) is 36.4 Å². The Morgan fingerprint density at radius 1 is 0.852 bits per heavy atom. The van der Waals surface area contributed by atoms with Crippen molar-refractivity contribution in [2.45, 2.75) is 5.92 Å². The summed E-state index contributed by atoms with van der Waals surface area (Å²) in [6.07, 6.45) is 0. The van der Waals surface area contributed by atoms with Crippen molar-refractivity contribution in [3.8, 4) is 0 Å². The van der Waals surface area contributed by atoms with Crippen molar-refractivity contribution in [3.63, 3.8) is 0 Å². The van der Waals surface area contributed by atoms with Crippen molar-refractivity contribution >= 4 is 28.9 Å². The molecule has 3 aromatic rings. The van der Waals surface area contributed by atoms with Crippen molar-refractivity contribution in [2.24, 2.45) is 10.9 Å². The van der Waals surface area contributed by atoms with E-state index in [-0.39, 0.29) is 17.2 Å². The zero-order valence-corrected chi connectivity index (χ0v) is 14.6. The number of hydrogen-bond acceptors (Lipinski definition) is 4. The van der Waals surface area contributed by atoms with Crippen LogP contribution in [0.4, 0.5) is 5.82 Å². The summed E-state index contributed by atoms with van der Waals surface area (Å²) in [7, 11) is 0. The molecular weight excluding hydrogens is 366 g/mol. The number of halogens is 1. The van der Waals surface area contributed by atoms with Gasteiger partial charge < -0.3 is 0 Å². The standard InChI is InChI=1S/C20H12ClN3O3/c21-10-7-5-9(6-8-10)13-14-16(11-3-1-2-4-12(11)17(14)25)22-18-15(13)19(26)24-20(27)23-18/h1-8,13-14H,(H2,23,24,26,27)/t13-,14?/m0/s1. The van der Waals surface area contributed by atoms with Crippen molar-refractivity contribution < 1.29 is 4.79 Å². The minimum atomic E-state index is -0.631. The molecule has 1 aliphatic heterocycles. The van der Waals surface area contributed by atoms with Crippen LogP contribution in [0.2, 0.25) is 5.02 Å². The number of aromatic nitrogens is 2. The Morgan fingerprint density at radius 3 is 2.30 bits per heavy atom. The smallest absolute Gasteiger partial charge is 0.293 e. The fourth-order valence-electron chi connectivity index (χ4n) is 4.00. The van der Waals surface area contributed by atoms with Gasteiger partial charge in [0.05, 0.1) is 17.2 Å². The van der Waals surface area contributed by atoms with Gasteiger partial charge in [0.15, 0.2) is 5.78 Å². The summed E-state index contributed by atoms with van der Waals surface area (Å²) in [5, 5.41) is 0.556. The molecule has 1 aliphatic carbocycles. The molecule has 132 valence electrons. The van der Waals surface area contributed by atoms with Crippen LogP contribution in [0.3, 0.4) is 0 Å². The van der Waals surface area contributed by atoms with Crippen LogP contribution in [0.5, 0.6) is 0 Å². The Labute approximate surface area is 157 Å². The molecule has 6 nitrogen and oxygen atoms in total. The van der Waals surface area contributed by atoms with Crippen LogP contribution in [-0.2, 0) is 0 Å². The lowest BCUT2D eigenvalue weighted by Gasteiger charge is -2.28. The normalized spacial score (nSPS) is 19.9. The monoisotopic (exact) mass is 377 g/mol. The zero-order valence-electron chi connectivity index (χ0n) is 13.8. The highest BCUT2D eigenvalue weighted by Gasteiger charge is 2.47. The first-order valence-corrected chi connectivity index (χ1v) is 8.76. The Morgan fingerprint density at radius 2 is 1.56 bits per heavy atom. The van der Waals surface area contributed by atoms with Crippen molar-refractivity contribution in [1.29, 1.82) is 0 Å². The van der Waals surface area contributed by atoms with Gasteiger partial charge in [-0.25, -0.2) is 9.79 Å². The number of carbonyl (C=O) groups excluding carboxylic acids is 1. The zero-order chi connectivity index (χ0) is 18.7. The number of H-pyrrole nitrogens is 2. The fraction of sp³-hybridized carbons (Fsp3) is 0.100. The van der Waals surface area contributed by atoms with Crippen LogP contribution in [0.1, 0.15) is 33.0 Å². The number of nitrogens with zero attached hydrogens (tertiary/aromatic N) is 1. The lowest BCUT2D eigenvalue weighted by molar-refractivity contribution is 0.0953. The number of hydrogen-bond donors (Lipinski definition) is 2. The minimum Gasteiger partial charge on any atom is -0.293 e. The molecule has 0 spiro atoms. The molecule has 0 bridgehead atoms. The van der Waals surface area contributed by atoms with Gasteiger partial charge in [-0.2, -0.15) is 0 Å². The molecule has 7 heteroatoms. The molecule has 2 atom stereocenters. The fourth-order valence-corrected chi connectivity index (χ4v) is 4.12. The Kier molecular flexibility index (Phi) is 3.32. The predicted molar refractivity (Wildman–Crippen MR) is 101 cm³/mol. The lowest BCUT2D eigenvalue weighted by Crippen LogP contribution is -2.36. The van der Waals surface area contributed by atoms with Gasteiger partial charge >= 0.3 is 5.69 Å². The molecule has 2 aliphatic rings. The van der Waals surface area contributed by atoms with E-state index in [4.69, 9.17) is 11.6 Å². The van der Waals surface area contributed by atoms with E-state index < -0.39 is 23.1 Å². The lowest BCUT2D eigenvalue weighted by atomic mass is 9.76.